The van der Waals surface area contributed by atoms with Gasteiger partial charge in [-0.1, -0.05) is 53.4 Å². The minimum Gasteiger partial charge on any atom is -0.725 e. The van der Waals surface area contributed by atoms with Crippen LogP contribution < -0.4 is 0 Å². The minimum absolute atomic E-state index is 0. The maximum Gasteiger partial charge on any atom is 1.00 e. The van der Waals surface area contributed by atoms with E-state index < -0.39 is 34.0 Å². The largest absolute Gasteiger partial charge is 1.00 e. The number of hydrogen-bond donors (Lipinski definition) is 0. The molecule has 0 heterocycles. The topological polar surface area (TPSA) is 180 Å². The Kier molecular flexibility index (Phi) is 24.7. The van der Waals surface area contributed by atoms with Gasteiger partial charge in [0.15, 0.2) is 13.2 Å². The SMILES string of the molecule is CCCC[N+](CCCC)(CCCC)CCCC.N#CCOS(=O)(=O)[O-].N#CCOS(=O)(=O)[O-].[H+]. The minimum atomic E-state index is -4.66. The molecule has 0 unspecified atom stereocenters. The van der Waals surface area contributed by atoms with Crippen molar-refractivity contribution in [3.63, 3.8) is 0 Å². The number of quaternary nitrogens is 1. The standard InChI is InChI=1S/C16H36N.2C2H3NO4S/c1-5-9-13-17(14-10-6-2,15-11-7-3)16-12-8-4;2*3-1-2-7-8(4,5)6/h5-16H2,1-4H3;2*2H2,(H,4,5,6)/q+1;;/p-1. The van der Waals surface area contributed by atoms with Crippen LogP contribution in [0.25, 0.3) is 0 Å². The van der Waals surface area contributed by atoms with Crippen molar-refractivity contribution >= 4 is 20.8 Å². The molecule has 0 saturated carbocycles. The number of nitriles is 2. The third-order valence-corrected chi connectivity index (χ3v) is 5.29. The van der Waals surface area contributed by atoms with Gasteiger partial charge in [-0.3, -0.25) is 8.37 Å². The summed E-state index contributed by atoms with van der Waals surface area (Å²) in [5, 5.41) is 15.3. The molecule has 0 aromatic heterocycles. The van der Waals surface area contributed by atoms with Crippen molar-refractivity contribution in [3.05, 3.63) is 0 Å². The second-order valence-electron chi connectivity index (χ2n) is 7.31. The van der Waals surface area contributed by atoms with Gasteiger partial charge in [0.2, 0.25) is 20.8 Å². The molecule has 11 nitrogen and oxygen atoms in total. The molecule has 196 valence electrons. The zero-order valence-corrected chi connectivity index (χ0v) is 22.0. The number of nitrogens with zero attached hydrogens (tertiary/aromatic N) is 3. The van der Waals surface area contributed by atoms with Crippen LogP contribution in [0.15, 0.2) is 0 Å². The quantitative estimate of drug-likeness (QED) is 0.168. The van der Waals surface area contributed by atoms with E-state index in [-0.39, 0.29) is 1.43 Å². The van der Waals surface area contributed by atoms with E-state index in [1.54, 1.807) is 0 Å². The van der Waals surface area contributed by atoms with Gasteiger partial charge < -0.3 is 13.6 Å². The molecule has 0 bridgehead atoms. The molecule has 33 heavy (non-hydrogen) atoms. The Labute approximate surface area is 202 Å². The summed E-state index contributed by atoms with van der Waals surface area (Å²) in [5.74, 6) is 0. The van der Waals surface area contributed by atoms with Gasteiger partial charge in [0.25, 0.3) is 0 Å². The highest BCUT2D eigenvalue weighted by molar-refractivity contribution is 7.81. The van der Waals surface area contributed by atoms with Crippen LogP contribution in [-0.4, -0.2) is 69.8 Å². The zero-order chi connectivity index (χ0) is 26.2. The van der Waals surface area contributed by atoms with Crippen molar-refractivity contribution in [2.45, 2.75) is 79.1 Å². The summed E-state index contributed by atoms with van der Waals surface area (Å²) in [6.45, 7) is 13.6. The first-order chi connectivity index (χ1) is 15.4. The summed E-state index contributed by atoms with van der Waals surface area (Å²) in [5.41, 5.74) is 0. The Hall–Kier alpha value is -1.32. The summed E-state index contributed by atoms with van der Waals surface area (Å²) in [6.07, 6.45) is 11.1. The van der Waals surface area contributed by atoms with E-state index in [2.05, 4.69) is 36.1 Å². The van der Waals surface area contributed by atoms with Gasteiger partial charge in [-0.15, -0.1) is 0 Å². The molecule has 0 aliphatic heterocycles. The second kappa shape index (κ2) is 22.5. The van der Waals surface area contributed by atoms with Crippen LogP contribution in [0.4, 0.5) is 0 Å². The average Bonchev–Trinajstić information content (AvgIpc) is 2.75. The molecule has 0 radical (unpaired) electrons. The Morgan fingerprint density at radius 3 is 1.03 bits per heavy atom. The highest BCUT2D eigenvalue weighted by Gasteiger charge is 2.24. The highest BCUT2D eigenvalue weighted by Crippen LogP contribution is 2.16. The molecule has 13 heteroatoms. The van der Waals surface area contributed by atoms with Crippen molar-refractivity contribution in [1.29, 1.82) is 10.5 Å². The Morgan fingerprint density at radius 2 is 0.909 bits per heavy atom. The predicted molar refractivity (Wildman–Crippen MR) is 123 cm³/mol. The molecular formula is C20H41N3O8S2. The van der Waals surface area contributed by atoms with E-state index in [1.807, 2.05) is 0 Å². The fourth-order valence-electron chi connectivity index (χ4n) is 2.84. The van der Waals surface area contributed by atoms with Crippen molar-refractivity contribution in [3.8, 4) is 12.1 Å². The molecule has 0 aliphatic carbocycles. The lowest BCUT2D eigenvalue weighted by atomic mass is 10.1. The molecule has 0 aromatic carbocycles. The number of hydrogen-bond acceptors (Lipinski definition) is 10. The first kappa shape index (κ1) is 36.3. The molecule has 0 N–H and O–H groups in total. The first-order valence-electron chi connectivity index (χ1n) is 11.2. The summed E-state index contributed by atoms with van der Waals surface area (Å²) < 4.78 is 65.1. The molecule has 0 aliphatic rings. The zero-order valence-electron chi connectivity index (χ0n) is 21.3. The van der Waals surface area contributed by atoms with E-state index in [4.69, 9.17) is 10.5 Å². The van der Waals surface area contributed by atoms with Crippen molar-refractivity contribution in [2.75, 3.05) is 39.4 Å². The molecule has 0 aromatic rings. The maximum absolute atomic E-state index is 9.46. The number of unbranched alkanes of at least 4 members (excludes halogenated alkanes) is 4. The highest BCUT2D eigenvalue weighted by atomic mass is 32.3. The smallest absolute Gasteiger partial charge is 0.725 e. The van der Waals surface area contributed by atoms with Crippen LogP contribution in [0.3, 0.4) is 0 Å². The third-order valence-electron chi connectivity index (χ3n) is 4.48. The fraction of sp³-hybridized carbons (Fsp3) is 0.900. The van der Waals surface area contributed by atoms with Gasteiger partial charge in [0.05, 0.1) is 38.3 Å². The normalized spacial score (nSPS) is 11.3. The Balaban J connectivity index is -0.000000222. The van der Waals surface area contributed by atoms with Crippen LogP contribution >= 0.6 is 0 Å². The summed E-state index contributed by atoms with van der Waals surface area (Å²) in [7, 11) is -9.32. The maximum atomic E-state index is 9.46. The summed E-state index contributed by atoms with van der Waals surface area (Å²) in [4.78, 5) is 0. The monoisotopic (exact) mass is 515 g/mol. The molecule has 0 amide bonds. The summed E-state index contributed by atoms with van der Waals surface area (Å²) >= 11 is 0. The van der Waals surface area contributed by atoms with Gasteiger partial charge in [0, 0.05) is 0 Å². The van der Waals surface area contributed by atoms with Gasteiger partial charge in [-0.25, -0.2) is 16.8 Å². The van der Waals surface area contributed by atoms with E-state index in [0.717, 1.165) is 0 Å². The second-order valence-corrected chi connectivity index (χ2v) is 9.41. The molecule has 0 atom stereocenters. The van der Waals surface area contributed by atoms with Crippen LogP contribution in [0.2, 0.25) is 0 Å². The molecular weight excluding hydrogens is 474 g/mol. The predicted octanol–water partition coefficient (Wildman–Crippen LogP) is 3.09. The molecule has 0 spiro atoms. The van der Waals surface area contributed by atoms with Gasteiger partial charge in [-0.2, -0.15) is 10.5 Å². The van der Waals surface area contributed by atoms with E-state index in [0.29, 0.717) is 0 Å². The van der Waals surface area contributed by atoms with Crippen LogP contribution in [0.5, 0.6) is 0 Å². The van der Waals surface area contributed by atoms with E-state index >= 15 is 0 Å². The van der Waals surface area contributed by atoms with Crippen molar-refractivity contribution < 1.29 is 40.2 Å². The van der Waals surface area contributed by atoms with Crippen LogP contribution in [0, 0.1) is 22.7 Å². The Morgan fingerprint density at radius 1 is 0.667 bits per heavy atom. The third kappa shape index (κ3) is 30.7. The average molecular weight is 516 g/mol. The van der Waals surface area contributed by atoms with Crippen molar-refractivity contribution in [2.24, 2.45) is 0 Å². The van der Waals surface area contributed by atoms with E-state index in [1.165, 1.54) is 94.2 Å². The molecule has 0 rings (SSSR count). The van der Waals surface area contributed by atoms with Crippen LogP contribution in [0.1, 0.15) is 80.5 Å². The van der Waals surface area contributed by atoms with Crippen molar-refractivity contribution in [1.82, 2.24) is 0 Å². The first-order valence-corrected chi connectivity index (χ1v) is 13.8. The fourth-order valence-corrected chi connectivity index (χ4v) is 3.24. The summed E-state index contributed by atoms with van der Waals surface area (Å²) in [6, 6.07) is 2.65. The molecule has 0 saturated heterocycles. The van der Waals surface area contributed by atoms with Crippen LogP contribution in [-0.2, 0) is 29.2 Å². The molecule has 0 fully saturated rings. The lowest BCUT2D eigenvalue weighted by molar-refractivity contribution is -0.929. The lowest BCUT2D eigenvalue weighted by Crippen LogP contribution is -2.50. The van der Waals surface area contributed by atoms with Gasteiger partial charge in [-0.05, 0) is 25.7 Å². The lowest BCUT2D eigenvalue weighted by Gasteiger charge is -2.39. The van der Waals surface area contributed by atoms with Gasteiger partial charge in [0.1, 0.15) is 0 Å². The number of rotatable bonds is 16. The van der Waals surface area contributed by atoms with Gasteiger partial charge >= 0.3 is 1.43 Å². The Bertz CT molecular complexity index is 667. The van der Waals surface area contributed by atoms with E-state index in [9.17, 15) is 25.9 Å².